The maximum atomic E-state index is 11.1. The highest BCUT2D eigenvalue weighted by Crippen LogP contribution is 2.12. The molecule has 0 aliphatic carbocycles. The van der Waals surface area contributed by atoms with E-state index >= 15 is 0 Å². The van der Waals surface area contributed by atoms with Gasteiger partial charge < -0.3 is 10.4 Å². The molecular formula is C9H18BrNO2. The van der Waals surface area contributed by atoms with Crippen molar-refractivity contribution in [3.8, 4) is 0 Å². The molecule has 0 atom stereocenters. The first kappa shape index (κ1) is 12.9. The van der Waals surface area contributed by atoms with Crippen LogP contribution in [0.1, 0.15) is 33.1 Å². The van der Waals surface area contributed by atoms with Gasteiger partial charge in [-0.05, 0) is 12.8 Å². The Hall–Kier alpha value is -0.0900. The van der Waals surface area contributed by atoms with E-state index in [0.29, 0.717) is 31.1 Å². The Morgan fingerprint density at radius 3 is 2.38 bits per heavy atom. The maximum absolute atomic E-state index is 11.1. The molecule has 0 aliphatic heterocycles. The van der Waals surface area contributed by atoms with Crippen LogP contribution in [0.15, 0.2) is 0 Å². The van der Waals surface area contributed by atoms with Crippen LogP contribution in [0, 0.1) is 0 Å². The van der Waals surface area contributed by atoms with E-state index in [1.54, 1.807) is 0 Å². The van der Waals surface area contributed by atoms with Crippen LogP contribution in [0.25, 0.3) is 0 Å². The molecule has 0 fully saturated rings. The van der Waals surface area contributed by atoms with Crippen LogP contribution < -0.4 is 5.32 Å². The van der Waals surface area contributed by atoms with Crippen LogP contribution in [-0.2, 0) is 4.79 Å². The lowest BCUT2D eigenvalue weighted by molar-refractivity contribution is -0.122. The van der Waals surface area contributed by atoms with Crippen LogP contribution >= 0.6 is 15.9 Å². The summed E-state index contributed by atoms with van der Waals surface area (Å²) >= 11 is 3.18. The molecule has 0 bridgehead atoms. The summed E-state index contributed by atoms with van der Waals surface area (Å²) in [5, 5.41) is 13.2. The molecule has 1 amide bonds. The summed E-state index contributed by atoms with van der Waals surface area (Å²) in [5.41, 5.74) is -0.734. The van der Waals surface area contributed by atoms with Gasteiger partial charge in [0, 0.05) is 18.3 Å². The lowest BCUT2D eigenvalue weighted by Gasteiger charge is -2.25. The molecule has 78 valence electrons. The highest BCUT2D eigenvalue weighted by atomic mass is 79.9. The summed E-state index contributed by atoms with van der Waals surface area (Å²) in [6.45, 7) is 4.19. The molecule has 0 aromatic carbocycles. The van der Waals surface area contributed by atoms with E-state index in [-0.39, 0.29) is 5.91 Å². The van der Waals surface area contributed by atoms with E-state index in [4.69, 9.17) is 0 Å². The highest BCUT2D eigenvalue weighted by Gasteiger charge is 2.22. The van der Waals surface area contributed by atoms with E-state index in [1.807, 2.05) is 13.8 Å². The third-order valence-electron chi connectivity index (χ3n) is 2.25. The zero-order valence-electron chi connectivity index (χ0n) is 8.27. The summed E-state index contributed by atoms with van der Waals surface area (Å²) in [6, 6.07) is 0. The van der Waals surface area contributed by atoms with Crippen LogP contribution in [0.4, 0.5) is 0 Å². The Balaban J connectivity index is 3.78. The zero-order chi connectivity index (χ0) is 10.3. The van der Waals surface area contributed by atoms with Gasteiger partial charge in [-0.2, -0.15) is 0 Å². The molecule has 0 spiro atoms. The molecule has 13 heavy (non-hydrogen) atoms. The fraction of sp³-hybridized carbons (Fsp3) is 0.889. The van der Waals surface area contributed by atoms with Gasteiger partial charge in [0.05, 0.1) is 5.60 Å². The average molecular weight is 252 g/mol. The SMILES string of the molecule is CCC(O)(CC)CNC(=O)CCBr. The molecule has 0 radical (unpaired) electrons. The molecule has 0 aromatic rings. The number of alkyl halides is 1. The van der Waals surface area contributed by atoms with Gasteiger partial charge in [0.1, 0.15) is 0 Å². The number of hydrogen-bond acceptors (Lipinski definition) is 2. The summed E-state index contributed by atoms with van der Waals surface area (Å²) in [6.07, 6.45) is 1.79. The number of halogens is 1. The summed E-state index contributed by atoms with van der Waals surface area (Å²) in [7, 11) is 0. The lowest BCUT2D eigenvalue weighted by atomic mass is 9.98. The summed E-state index contributed by atoms with van der Waals surface area (Å²) in [5.74, 6) is -0.0165. The first-order chi connectivity index (χ1) is 6.08. The topological polar surface area (TPSA) is 49.3 Å². The first-order valence-electron chi connectivity index (χ1n) is 4.63. The lowest BCUT2D eigenvalue weighted by Crippen LogP contribution is -2.42. The number of carbonyl (C=O) groups excluding carboxylic acids is 1. The number of carbonyl (C=O) groups is 1. The Bertz CT molecular complexity index is 158. The summed E-state index contributed by atoms with van der Waals surface area (Å²) in [4.78, 5) is 11.1. The number of hydrogen-bond donors (Lipinski definition) is 2. The minimum absolute atomic E-state index is 0.0165. The number of rotatable bonds is 6. The van der Waals surface area contributed by atoms with E-state index < -0.39 is 5.60 Å². The van der Waals surface area contributed by atoms with Gasteiger partial charge in [-0.15, -0.1) is 0 Å². The van der Waals surface area contributed by atoms with Crippen molar-refractivity contribution in [1.29, 1.82) is 0 Å². The monoisotopic (exact) mass is 251 g/mol. The van der Waals surface area contributed by atoms with E-state index in [2.05, 4.69) is 21.2 Å². The Morgan fingerprint density at radius 2 is 2.00 bits per heavy atom. The zero-order valence-corrected chi connectivity index (χ0v) is 9.85. The van der Waals surface area contributed by atoms with Crippen molar-refractivity contribution in [1.82, 2.24) is 5.32 Å². The van der Waals surface area contributed by atoms with Gasteiger partial charge in [0.15, 0.2) is 0 Å². The van der Waals surface area contributed by atoms with Crippen molar-refractivity contribution in [2.24, 2.45) is 0 Å². The van der Waals surface area contributed by atoms with Gasteiger partial charge in [0.25, 0.3) is 0 Å². The molecule has 0 unspecified atom stereocenters. The number of aliphatic hydroxyl groups is 1. The molecule has 0 heterocycles. The van der Waals surface area contributed by atoms with Crippen LogP contribution in [0.2, 0.25) is 0 Å². The second-order valence-electron chi connectivity index (χ2n) is 3.15. The van der Waals surface area contributed by atoms with Crippen molar-refractivity contribution in [3.05, 3.63) is 0 Å². The smallest absolute Gasteiger partial charge is 0.220 e. The second kappa shape index (κ2) is 6.38. The third kappa shape index (κ3) is 5.26. The molecule has 2 N–H and O–H groups in total. The van der Waals surface area contributed by atoms with Crippen molar-refractivity contribution in [2.75, 3.05) is 11.9 Å². The van der Waals surface area contributed by atoms with Crippen molar-refractivity contribution < 1.29 is 9.90 Å². The molecule has 0 aliphatic rings. The third-order valence-corrected chi connectivity index (χ3v) is 2.65. The minimum atomic E-state index is -0.734. The molecular weight excluding hydrogens is 234 g/mol. The standard InChI is InChI=1S/C9H18BrNO2/c1-3-9(13,4-2)7-11-8(12)5-6-10/h13H,3-7H2,1-2H3,(H,11,12). The fourth-order valence-electron chi connectivity index (χ4n) is 0.937. The van der Waals surface area contributed by atoms with Crippen LogP contribution in [0.3, 0.4) is 0 Å². The predicted octanol–water partition coefficient (Wildman–Crippen LogP) is 1.44. The molecule has 3 nitrogen and oxygen atoms in total. The van der Waals surface area contributed by atoms with Crippen molar-refractivity contribution >= 4 is 21.8 Å². The Kier molecular flexibility index (Phi) is 6.33. The van der Waals surface area contributed by atoms with Crippen LogP contribution in [0.5, 0.6) is 0 Å². The van der Waals surface area contributed by atoms with Gasteiger partial charge in [0.2, 0.25) is 5.91 Å². The summed E-state index contributed by atoms with van der Waals surface area (Å²) < 4.78 is 0. The second-order valence-corrected chi connectivity index (χ2v) is 3.94. The van der Waals surface area contributed by atoms with E-state index in [1.165, 1.54) is 0 Å². The molecule has 0 saturated heterocycles. The Labute approximate surface area is 88.0 Å². The van der Waals surface area contributed by atoms with Gasteiger partial charge in [-0.1, -0.05) is 29.8 Å². The van der Waals surface area contributed by atoms with E-state index in [9.17, 15) is 9.90 Å². The van der Waals surface area contributed by atoms with Crippen LogP contribution in [-0.4, -0.2) is 28.5 Å². The molecule has 0 saturated carbocycles. The van der Waals surface area contributed by atoms with E-state index in [0.717, 1.165) is 0 Å². The average Bonchev–Trinajstić information content (AvgIpc) is 2.15. The number of amides is 1. The molecule has 4 heteroatoms. The predicted molar refractivity (Wildman–Crippen MR) is 57.0 cm³/mol. The minimum Gasteiger partial charge on any atom is -0.388 e. The highest BCUT2D eigenvalue weighted by molar-refractivity contribution is 9.09. The van der Waals surface area contributed by atoms with Gasteiger partial charge in [-0.25, -0.2) is 0 Å². The normalized spacial score (nSPS) is 11.4. The van der Waals surface area contributed by atoms with Gasteiger partial charge in [-0.3, -0.25) is 4.79 Å². The Morgan fingerprint density at radius 1 is 1.46 bits per heavy atom. The number of nitrogens with one attached hydrogen (secondary N) is 1. The van der Waals surface area contributed by atoms with Crippen molar-refractivity contribution in [2.45, 2.75) is 38.7 Å². The fourth-order valence-corrected chi connectivity index (χ4v) is 1.30. The largest absolute Gasteiger partial charge is 0.388 e. The molecule has 0 rings (SSSR count). The van der Waals surface area contributed by atoms with Gasteiger partial charge >= 0.3 is 0 Å². The van der Waals surface area contributed by atoms with Crippen molar-refractivity contribution in [3.63, 3.8) is 0 Å². The first-order valence-corrected chi connectivity index (χ1v) is 5.75. The quantitative estimate of drug-likeness (QED) is 0.703. The maximum Gasteiger partial charge on any atom is 0.220 e. The molecule has 0 aromatic heterocycles.